The van der Waals surface area contributed by atoms with Gasteiger partial charge in [0.15, 0.2) is 0 Å². The van der Waals surface area contributed by atoms with Crippen LogP contribution in [0, 0.1) is 6.92 Å². The van der Waals surface area contributed by atoms with Crippen LogP contribution in [0.15, 0.2) is 41.7 Å². The fourth-order valence-electron chi connectivity index (χ4n) is 1.90. The van der Waals surface area contributed by atoms with E-state index in [9.17, 15) is 0 Å². The zero-order valence-electron chi connectivity index (χ0n) is 10.5. The van der Waals surface area contributed by atoms with E-state index in [4.69, 9.17) is 22.5 Å². The average molecular weight is 279 g/mol. The van der Waals surface area contributed by atoms with Gasteiger partial charge < -0.3 is 10.9 Å². The van der Waals surface area contributed by atoms with Crippen molar-refractivity contribution >= 4 is 17.4 Å². The largest absolute Gasteiger partial charge is 0.409 e. The van der Waals surface area contributed by atoms with E-state index < -0.39 is 0 Å². The lowest BCUT2D eigenvalue weighted by atomic mass is 10.0. The summed E-state index contributed by atoms with van der Waals surface area (Å²) in [7, 11) is 0. The second kappa shape index (κ2) is 5.75. The van der Waals surface area contributed by atoms with Gasteiger partial charge in [0.1, 0.15) is 5.84 Å². The highest BCUT2D eigenvalue weighted by atomic mass is 35.5. The first-order valence-corrected chi connectivity index (χ1v) is 6.22. The molecule has 1 unspecified atom stereocenters. The molecule has 2 aromatic rings. The molecule has 0 aliphatic rings. The van der Waals surface area contributed by atoms with Gasteiger partial charge >= 0.3 is 0 Å². The maximum atomic E-state index is 8.74. The van der Waals surface area contributed by atoms with Crippen molar-refractivity contribution in [3.63, 3.8) is 0 Å². The molecule has 2 rings (SSSR count). The molecule has 0 saturated carbocycles. The summed E-state index contributed by atoms with van der Waals surface area (Å²) in [6.45, 7) is 1.84. The Morgan fingerprint density at radius 2 is 2.16 bits per heavy atom. The third kappa shape index (κ3) is 3.06. The molecular formula is C13H15ClN4O. The van der Waals surface area contributed by atoms with Crippen LogP contribution >= 0.6 is 11.6 Å². The SMILES string of the molecule is Cc1nn(C(CC(N)=NO)c2ccccc2)cc1Cl. The van der Waals surface area contributed by atoms with Crippen molar-refractivity contribution in [3.05, 3.63) is 52.8 Å². The Bertz CT molecular complexity index is 560. The average Bonchev–Trinajstić information content (AvgIpc) is 2.76. The zero-order valence-corrected chi connectivity index (χ0v) is 11.2. The molecule has 3 N–H and O–H groups in total. The minimum Gasteiger partial charge on any atom is -0.409 e. The van der Waals surface area contributed by atoms with E-state index in [1.165, 1.54) is 0 Å². The van der Waals surface area contributed by atoms with Crippen LogP contribution in [0.25, 0.3) is 0 Å². The molecule has 19 heavy (non-hydrogen) atoms. The van der Waals surface area contributed by atoms with Gasteiger partial charge in [-0.3, -0.25) is 4.68 Å². The monoisotopic (exact) mass is 278 g/mol. The smallest absolute Gasteiger partial charge is 0.141 e. The summed E-state index contributed by atoms with van der Waals surface area (Å²) in [4.78, 5) is 0. The van der Waals surface area contributed by atoms with Crippen LogP contribution in [0.1, 0.15) is 23.7 Å². The summed E-state index contributed by atoms with van der Waals surface area (Å²) < 4.78 is 1.74. The summed E-state index contributed by atoms with van der Waals surface area (Å²) in [5.74, 6) is 0.151. The predicted molar refractivity (Wildman–Crippen MR) is 74.6 cm³/mol. The number of amidine groups is 1. The van der Waals surface area contributed by atoms with Crippen LogP contribution < -0.4 is 5.73 Å². The van der Waals surface area contributed by atoms with Crippen LogP contribution in [-0.2, 0) is 0 Å². The molecule has 1 aromatic heterocycles. The van der Waals surface area contributed by atoms with E-state index in [0.29, 0.717) is 11.4 Å². The Kier molecular flexibility index (Phi) is 4.06. The van der Waals surface area contributed by atoms with E-state index in [1.54, 1.807) is 10.9 Å². The Morgan fingerprint density at radius 3 is 2.68 bits per heavy atom. The lowest BCUT2D eigenvalue weighted by Crippen LogP contribution is -2.21. The molecule has 0 saturated heterocycles. The highest BCUT2D eigenvalue weighted by molar-refractivity contribution is 6.31. The Balaban J connectivity index is 2.40. The van der Waals surface area contributed by atoms with Crippen molar-refractivity contribution in [3.8, 4) is 0 Å². The molecule has 0 spiro atoms. The van der Waals surface area contributed by atoms with Gasteiger partial charge in [-0.25, -0.2) is 0 Å². The summed E-state index contributed by atoms with van der Waals surface area (Å²) in [6, 6.07) is 9.61. The topological polar surface area (TPSA) is 76.4 Å². The lowest BCUT2D eigenvalue weighted by Gasteiger charge is -2.17. The number of rotatable bonds is 4. The molecular weight excluding hydrogens is 264 g/mol. The number of nitrogens with zero attached hydrogens (tertiary/aromatic N) is 3. The molecule has 100 valence electrons. The van der Waals surface area contributed by atoms with Crippen LogP contribution in [-0.4, -0.2) is 20.8 Å². The summed E-state index contributed by atoms with van der Waals surface area (Å²) in [5, 5.41) is 16.7. The van der Waals surface area contributed by atoms with Crippen LogP contribution in [0.4, 0.5) is 0 Å². The fourth-order valence-corrected chi connectivity index (χ4v) is 2.04. The van der Waals surface area contributed by atoms with Crippen molar-refractivity contribution in [1.29, 1.82) is 0 Å². The highest BCUT2D eigenvalue weighted by Crippen LogP contribution is 2.24. The molecule has 1 heterocycles. The third-order valence-corrected chi connectivity index (χ3v) is 3.26. The van der Waals surface area contributed by atoms with Gasteiger partial charge in [-0.2, -0.15) is 5.10 Å². The number of hydrogen-bond acceptors (Lipinski definition) is 3. The number of halogens is 1. The van der Waals surface area contributed by atoms with Crippen molar-refractivity contribution in [2.75, 3.05) is 0 Å². The normalized spacial score (nSPS) is 13.5. The van der Waals surface area contributed by atoms with Gasteiger partial charge in [0, 0.05) is 12.6 Å². The number of benzene rings is 1. The molecule has 6 heteroatoms. The first-order chi connectivity index (χ1) is 9.11. The molecule has 0 amide bonds. The molecule has 0 aliphatic heterocycles. The fraction of sp³-hybridized carbons (Fsp3) is 0.231. The van der Waals surface area contributed by atoms with Gasteiger partial charge in [-0.1, -0.05) is 47.1 Å². The summed E-state index contributed by atoms with van der Waals surface area (Å²) >= 11 is 6.04. The van der Waals surface area contributed by atoms with E-state index in [1.807, 2.05) is 37.3 Å². The van der Waals surface area contributed by atoms with Crippen LogP contribution in [0.5, 0.6) is 0 Å². The van der Waals surface area contributed by atoms with Gasteiger partial charge in [-0.05, 0) is 12.5 Å². The molecule has 0 radical (unpaired) electrons. The van der Waals surface area contributed by atoms with Crippen LogP contribution in [0.3, 0.4) is 0 Å². The number of aryl methyl sites for hydroxylation is 1. The van der Waals surface area contributed by atoms with E-state index in [0.717, 1.165) is 11.3 Å². The molecule has 0 fully saturated rings. The number of hydrogen-bond donors (Lipinski definition) is 2. The minimum absolute atomic E-state index is 0.150. The van der Waals surface area contributed by atoms with Crippen LogP contribution in [0.2, 0.25) is 5.02 Å². The van der Waals surface area contributed by atoms with Gasteiger partial charge in [0.05, 0.1) is 16.8 Å². The Labute approximate surface area is 116 Å². The van der Waals surface area contributed by atoms with Crippen molar-refractivity contribution < 1.29 is 5.21 Å². The quantitative estimate of drug-likeness (QED) is 0.391. The second-order valence-electron chi connectivity index (χ2n) is 4.26. The van der Waals surface area contributed by atoms with Crippen molar-refractivity contribution in [2.45, 2.75) is 19.4 Å². The van der Waals surface area contributed by atoms with Gasteiger partial charge in [-0.15, -0.1) is 0 Å². The highest BCUT2D eigenvalue weighted by Gasteiger charge is 2.17. The summed E-state index contributed by atoms with van der Waals surface area (Å²) in [6.07, 6.45) is 2.11. The first kappa shape index (κ1) is 13.4. The molecule has 0 bridgehead atoms. The second-order valence-corrected chi connectivity index (χ2v) is 4.67. The number of aromatic nitrogens is 2. The van der Waals surface area contributed by atoms with Crippen molar-refractivity contribution in [1.82, 2.24) is 9.78 Å². The van der Waals surface area contributed by atoms with Gasteiger partial charge in [0.2, 0.25) is 0 Å². The lowest BCUT2D eigenvalue weighted by molar-refractivity contribution is 0.315. The summed E-state index contributed by atoms with van der Waals surface area (Å²) in [5.41, 5.74) is 7.39. The van der Waals surface area contributed by atoms with E-state index in [2.05, 4.69) is 10.3 Å². The predicted octanol–water partition coefficient (Wildman–Crippen LogP) is 2.57. The van der Waals surface area contributed by atoms with Crippen molar-refractivity contribution in [2.24, 2.45) is 10.9 Å². The Hall–Kier alpha value is -2.01. The third-order valence-electron chi connectivity index (χ3n) is 2.89. The first-order valence-electron chi connectivity index (χ1n) is 5.84. The van der Waals surface area contributed by atoms with E-state index in [-0.39, 0.29) is 11.9 Å². The number of nitrogens with two attached hydrogens (primary N) is 1. The zero-order chi connectivity index (χ0) is 13.8. The molecule has 5 nitrogen and oxygen atoms in total. The molecule has 0 aliphatic carbocycles. The molecule has 1 aromatic carbocycles. The van der Waals surface area contributed by atoms with Gasteiger partial charge in [0.25, 0.3) is 0 Å². The minimum atomic E-state index is -0.150. The Morgan fingerprint density at radius 1 is 1.47 bits per heavy atom. The number of oxime groups is 1. The molecule has 1 atom stereocenters. The van der Waals surface area contributed by atoms with E-state index >= 15 is 0 Å². The maximum Gasteiger partial charge on any atom is 0.141 e. The standard InChI is InChI=1S/C13H15ClN4O/c1-9-11(14)8-18(16-9)12(7-13(15)17-19)10-5-3-2-4-6-10/h2-6,8,12,19H,7H2,1H3,(H2,15,17). The maximum absolute atomic E-state index is 8.74.